The first kappa shape index (κ1) is 14.7. The van der Waals surface area contributed by atoms with Crippen LogP contribution in [-0.4, -0.2) is 29.7 Å². The summed E-state index contributed by atoms with van der Waals surface area (Å²) in [4.78, 5) is 4.30. The Morgan fingerprint density at radius 1 is 1.20 bits per heavy atom. The van der Waals surface area contributed by atoms with Crippen LogP contribution in [-0.2, 0) is 25.9 Å². The van der Waals surface area contributed by atoms with Crippen LogP contribution >= 0.6 is 0 Å². The van der Waals surface area contributed by atoms with Gasteiger partial charge in [0.05, 0.1) is 11.8 Å². The van der Waals surface area contributed by atoms with E-state index in [1.165, 1.54) is 0 Å². The second-order valence-corrected chi connectivity index (χ2v) is 4.84. The lowest BCUT2D eigenvalue weighted by Crippen LogP contribution is -2.13. The number of aromatic nitrogens is 5. The Morgan fingerprint density at radius 3 is 2.50 bits per heavy atom. The lowest BCUT2D eigenvalue weighted by Gasteiger charge is -2.10. The summed E-state index contributed by atoms with van der Waals surface area (Å²) in [5.41, 5.74) is 3.03. The van der Waals surface area contributed by atoms with Gasteiger partial charge in [0.2, 0.25) is 0 Å². The van der Waals surface area contributed by atoms with Crippen molar-refractivity contribution < 1.29 is 5.11 Å². The number of hydrogen-bond acceptors (Lipinski definition) is 4. The molecule has 0 radical (unpaired) electrons. The fourth-order valence-corrected chi connectivity index (χ4v) is 2.62. The monoisotopic (exact) mass is 277 g/mol. The highest BCUT2D eigenvalue weighted by Crippen LogP contribution is 2.24. The highest BCUT2D eigenvalue weighted by molar-refractivity contribution is 5.29. The molecular formula is C14H23N5O. The van der Waals surface area contributed by atoms with E-state index in [4.69, 9.17) is 0 Å². The molecule has 0 aliphatic rings. The highest BCUT2D eigenvalue weighted by atomic mass is 16.3. The zero-order valence-electron chi connectivity index (χ0n) is 12.7. The first-order chi connectivity index (χ1) is 9.62. The van der Waals surface area contributed by atoms with Crippen molar-refractivity contribution in [3.05, 3.63) is 29.1 Å². The zero-order valence-corrected chi connectivity index (χ0v) is 12.7. The lowest BCUT2D eigenvalue weighted by molar-refractivity contribution is 0.197. The van der Waals surface area contributed by atoms with Gasteiger partial charge in [-0.3, -0.25) is 4.68 Å². The Kier molecular flexibility index (Phi) is 4.54. The summed E-state index contributed by atoms with van der Waals surface area (Å²) in [6.45, 7) is 9.38. The Morgan fingerprint density at radius 2 is 1.95 bits per heavy atom. The molecule has 0 amide bonds. The molecule has 0 aliphatic carbocycles. The molecule has 1 atom stereocenters. The van der Waals surface area contributed by atoms with Gasteiger partial charge in [-0.25, -0.2) is 9.67 Å². The van der Waals surface area contributed by atoms with Crippen LogP contribution in [0.2, 0.25) is 0 Å². The molecule has 0 fully saturated rings. The Bertz CT molecular complexity index is 570. The quantitative estimate of drug-likeness (QED) is 0.873. The molecule has 20 heavy (non-hydrogen) atoms. The van der Waals surface area contributed by atoms with Gasteiger partial charge in [0, 0.05) is 17.8 Å². The molecule has 0 aromatic carbocycles. The van der Waals surface area contributed by atoms with Gasteiger partial charge in [-0.05, 0) is 26.7 Å². The number of rotatable bonds is 6. The molecule has 6 nitrogen and oxygen atoms in total. The van der Waals surface area contributed by atoms with Crippen LogP contribution in [0.25, 0.3) is 0 Å². The second-order valence-electron chi connectivity index (χ2n) is 4.84. The van der Waals surface area contributed by atoms with Gasteiger partial charge in [-0.2, -0.15) is 10.2 Å². The molecule has 1 N–H and O–H groups in total. The molecule has 0 spiro atoms. The van der Waals surface area contributed by atoms with Gasteiger partial charge in [0.15, 0.2) is 0 Å². The van der Waals surface area contributed by atoms with Crippen LogP contribution in [0.15, 0.2) is 6.33 Å². The summed E-state index contributed by atoms with van der Waals surface area (Å²) in [7, 11) is 0. The maximum Gasteiger partial charge on any atom is 0.148 e. The van der Waals surface area contributed by atoms with E-state index in [1.807, 2.05) is 16.3 Å². The molecule has 0 aliphatic heterocycles. The SMILES string of the molecule is CCc1nn(Cc2ncnn2CC)c(CC)c1C(C)O. The van der Waals surface area contributed by atoms with E-state index in [0.717, 1.165) is 42.2 Å². The molecule has 2 aromatic heterocycles. The van der Waals surface area contributed by atoms with Crippen molar-refractivity contribution in [2.75, 3.05) is 0 Å². The standard InChI is InChI=1S/C14H23N5O/c1-5-11-14(10(4)20)12(6-2)19(17-11)8-13-15-9-16-18(13)7-3/h9-10,20H,5-8H2,1-4H3. The number of hydrogen-bond donors (Lipinski definition) is 1. The van der Waals surface area contributed by atoms with E-state index in [2.05, 4.69) is 29.0 Å². The summed E-state index contributed by atoms with van der Waals surface area (Å²) in [6, 6.07) is 0. The van der Waals surface area contributed by atoms with Crippen molar-refractivity contribution in [3.8, 4) is 0 Å². The average Bonchev–Trinajstić information content (AvgIpc) is 3.02. The molecule has 6 heteroatoms. The third-order valence-corrected chi connectivity index (χ3v) is 3.55. The minimum absolute atomic E-state index is 0.488. The topological polar surface area (TPSA) is 68.8 Å². The predicted molar refractivity (Wildman–Crippen MR) is 76.4 cm³/mol. The van der Waals surface area contributed by atoms with Gasteiger partial charge in [0.1, 0.15) is 18.7 Å². The maximum atomic E-state index is 10.0. The van der Waals surface area contributed by atoms with Crippen molar-refractivity contribution >= 4 is 0 Å². The van der Waals surface area contributed by atoms with Crippen molar-refractivity contribution in [3.63, 3.8) is 0 Å². The third kappa shape index (κ3) is 2.60. The Hall–Kier alpha value is -1.69. The number of aryl methyl sites for hydroxylation is 2. The van der Waals surface area contributed by atoms with Gasteiger partial charge < -0.3 is 5.11 Å². The van der Waals surface area contributed by atoms with E-state index >= 15 is 0 Å². The van der Waals surface area contributed by atoms with Crippen molar-refractivity contribution in [2.24, 2.45) is 0 Å². The van der Waals surface area contributed by atoms with E-state index in [9.17, 15) is 5.11 Å². The molecule has 2 rings (SSSR count). The molecule has 1 unspecified atom stereocenters. The number of aliphatic hydroxyl groups is 1. The number of aliphatic hydroxyl groups excluding tert-OH is 1. The van der Waals surface area contributed by atoms with Crippen LogP contribution in [0.4, 0.5) is 0 Å². The molecule has 110 valence electrons. The normalized spacial score (nSPS) is 12.8. The number of nitrogens with zero attached hydrogens (tertiary/aromatic N) is 5. The fourth-order valence-electron chi connectivity index (χ4n) is 2.62. The second kappa shape index (κ2) is 6.17. The summed E-state index contributed by atoms with van der Waals surface area (Å²) >= 11 is 0. The Balaban J connectivity index is 2.41. The molecular weight excluding hydrogens is 254 g/mol. The maximum absolute atomic E-state index is 10.0. The van der Waals surface area contributed by atoms with Crippen molar-refractivity contribution in [1.29, 1.82) is 0 Å². The van der Waals surface area contributed by atoms with E-state index in [0.29, 0.717) is 6.54 Å². The minimum atomic E-state index is -0.488. The molecule has 0 bridgehead atoms. The van der Waals surface area contributed by atoms with Crippen LogP contribution < -0.4 is 0 Å². The summed E-state index contributed by atoms with van der Waals surface area (Å²) in [5.74, 6) is 0.893. The molecule has 0 saturated carbocycles. The molecule has 2 heterocycles. The molecule has 2 aromatic rings. The minimum Gasteiger partial charge on any atom is -0.389 e. The van der Waals surface area contributed by atoms with Crippen LogP contribution in [0, 0.1) is 0 Å². The molecule has 0 saturated heterocycles. The van der Waals surface area contributed by atoms with Crippen molar-refractivity contribution in [2.45, 2.75) is 59.7 Å². The summed E-state index contributed by atoms with van der Waals surface area (Å²) < 4.78 is 3.83. The van der Waals surface area contributed by atoms with Gasteiger partial charge >= 0.3 is 0 Å². The largest absolute Gasteiger partial charge is 0.389 e. The Labute approximate surface area is 119 Å². The van der Waals surface area contributed by atoms with Crippen LogP contribution in [0.3, 0.4) is 0 Å². The third-order valence-electron chi connectivity index (χ3n) is 3.55. The summed E-state index contributed by atoms with van der Waals surface area (Å²) in [6.07, 6.45) is 2.75. The zero-order chi connectivity index (χ0) is 14.7. The van der Waals surface area contributed by atoms with Gasteiger partial charge in [0.25, 0.3) is 0 Å². The predicted octanol–water partition coefficient (Wildman–Crippen LogP) is 1.72. The van der Waals surface area contributed by atoms with Crippen LogP contribution in [0.5, 0.6) is 0 Å². The van der Waals surface area contributed by atoms with E-state index in [1.54, 1.807) is 13.3 Å². The first-order valence-corrected chi connectivity index (χ1v) is 7.25. The summed E-state index contributed by atoms with van der Waals surface area (Å²) in [5, 5.41) is 18.8. The van der Waals surface area contributed by atoms with E-state index in [-0.39, 0.29) is 0 Å². The van der Waals surface area contributed by atoms with E-state index < -0.39 is 6.10 Å². The van der Waals surface area contributed by atoms with Gasteiger partial charge in [-0.1, -0.05) is 13.8 Å². The first-order valence-electron chi connectivity index (χ1n) is 7.25. The fraction of sp³-hybridized carbons (Fsp3) is 0.643. The van der Waals surface area contributed by atoms with Crippen LogP contribution in [0.1, 0.15) is 56.6 Å². The average molecular weight is 277 g/mol. The smallest absolute Gasteiger partial charge is 0.148 e. The lowest BCUT2D eigenvalue weighted by atomic mass is 10.0. The highest BCUT2D eigenvalue weighted by Gasteiger charge is 2.20. The van der Waals surface area contributed by atoms with Gasteiger partial charge in [-0.15, -0.1) is 0 Å². The van der Waals surface area contributed by atoms with Crippen molar-refractivity contribution in [1.82, 2.24) is 24.5 Å².